The van der Waals surface area contributed by atoms with Crippen molar-refractivity contribution in [1.82, 2.24) is 0 Å². The van der Waals surface area contributed by atoms with Crippen molar-refractivity contribution in [3.63, 3.8) is 0 Å². The molecule has 94 valence electrons. The first kappa shape index (κ1) is 15.9. The number of carbonyl (C=O) groups excluding carboxylic acids is 1. The normalized spacial score (nSPS) is 8.71. The molecule has 0 radical (unpaired) electrons. The number of Topliss-reactive ketones (excluding diaryl/α,β-unsaturated/α-hetero) is 1. The van der Waals surface area contributed by atoms with Crippen molar-refractivity contribution in [1.29, 1.82) is 0 Å². The van der Waals surface area contributed by atoms with Crippen LogP contribution in [0.4, 0.5) is 0 Å². The molecular weight excluding hydrogens is 228 g/mol. The molecule has 2 aromatic rings. The van der Waals surface area contributed by atoms with Crippen molar-refractivity contribution in [2.75, 3.05) is 0 Å². The van der Waals surface area contributed by atoms with Gasteiger partial charge in [-0.2, -0.15) is 0 Å². The van der Waals surface area contributed by atoms with E-state index in [4.69, 9.17) is 0 Å². The van der Waals surface area contributed by atoms with E-state index >= 15 is 0 Å². The average molecular weight is 250 g/mol. The minimum atomic E-state index is 0.289. The van der Waals surface area contributed by atoms with Crippen LogP contribution in [0.2, 0.25) is 0 Å². The van der Waals surface area contributed by atoms with Crippen LogP contribution in [0.5, 0.6) is 0 Å². The van der Waals surface area contributed by atoms with E-state index in [-0.39, 0.29) is 5.78 Å². The molecule has 17 heavy (non-hydrogen) atoms. The van der Waals surface area contributed by atoms with E-state index in [0.717, 1.165) is 12.8 Å². The lowest BCUT2D eigenvalue weighted by Crippen LogP contribution is -1.84. The van der Waals surface area contributed by atoms with Crippen LogP contribution in [-0.4, -0.2) is 5.78 Å². The quantitative estimate of drug-likeness (QED) is 0.706. The minimum absolute atomic E-state index is 0.289. The molecule has 2 heteroatoms. The molecule has 0 aliphatic heterocycles. The van der Waals surface area contributed by atoms with Crippen LogP contribution in [-0.2, 0) is 4.79 Å². The largest absolute Gasteiger partial charge is 0.300 e. The summed E-state index contributed by atoms with van der Waals surface area (Å²) in [6.07, 6.45) is 1.72. The Kier molecular flexibility index (Phi) is 9.35. The number of hydrogen-bond acceptors (Lipinski definition) is 2. The van der Waals surface area contributed by atoms with Gasteiger partial charge < -0.3 is 4.79 Å². The third-order valence-electron chi connectivity index (χ3n) is 1.96. The summed E-state index contributed by atoms with van der Waals surface area (Å²) in [6.45, 7) is 7.62. The Hall–Kier alpha value is -1.15. The summed E-state index contributed by atoms with van der Waals surface area (Å²) in [4.78, 5) is 10.0. The molecule has 0 amide bonds. The Bertz CT molecular complexity index is 387. The summed E-state index contributed by atoms with van der Waals surface area (Å²) >= 11 is 1.79. The van der Waals surface area contributed by atoms with Gasteiger partial charge in [0, 0.05) is 11.1 Å². The zero-order chi connectivity index (χ0) is 13.1. The van der Waals surface area contributed by atoms with E-state index < -0.39 is 0 Å². The number of ketones is 1. The van der Waals surface area contributed by atoms with E-state index in [1.807, 2.05) is 20.8 Å². The van der Waals surface area contributed by atoms with Gasteiger partial charge >= 0.3 is 0 Å². The second kappa shape index (κ2) is 10.0. The first-order chi connectivity index (χ1) is 8.24. The lowest BCUT2D eigenvalue weighted by Gasteiger charge is -1.82. The molecule has 0 bridgehead atoms. The van der Waals surface area contributed by atoms with Crippen LogP contribution < -0.4 is 0 Å². The van der Waals surface area contributed by atoms with Crippen LogP contribution in [0.3, 0.4) is 0 Å². The summed E-state index contributed by atoms with van der Waals surface area (Å²) in [6, 6.07) is 10.5. The number of fused-ring (bicyclic) bond motifs is 1. The Morgan fingerprint density at radius 2 is 1.82 bits per heavy atom. The maximum Gasteiger partial charge on any atom is 0.129 e. The molecule has 2 rings (SSSR count). The van der Waals surface area contributed by atoms with Crippen LogP contribution in [0.25, 0.3) is 10.1 Å². The van der Waals surface area contributed by atoms with E-state index in [2.05, 4.69) is 35.7 Å². The molecule has 1 aromatic heterocycles. The predicted octanol–water partition coefficient (Wildman–Crippen LogP) is 5.30. The molecule has 1 heterocycles. The van der Waals surface area contributed by atoms with Gasteiger partial charge in [-0.3, -0.25) is 0 Å². The highest BCUT2D eigenvalue weighted by atomic mass is 32.1. The molecule has 0 saturated heterocycles. The molecule has 0 aliphatic carbocycles. The van der Waals surface area contributed by atoms with Crippen LogP contribution in [0.15, 0.2) is 35.7 Å². The van der Waals surface area contributed by atoms with E-state index in [1.165, 1.54) is 10.1 Å². The molecule has 0 saturated carbocycles. The predicted molar refractivity (Wildman–Crippen MR) is 78.8 cm³/mol. The number of benzene rings is 1. The fraction of sp³-hybridized carbons (Fsp3) is 0.400. The Morgan fingerprint density at radius 1 is 1.18 bits per heavy atom. The highest BCUT2D eigenvalue weighted by molar-refractivity contribution is 7.17. The zero-order valence-corrected chi connectivity index (χ0v) is 12.0. The molecule has 0 fully saturated rings. The second-order valence-corrected chi connectivity index (χ2v) is 4.36. The lowest BCUT2D eigenvalue weighted by atomic mass is 10.3. The smallest absolute Gasteiger partial charge is 0.129 e. The summed E-state index contributed by atoms with van der Waals surface area (Å²) < 4.78 is 1.37. The zero-order valence-electron chi connectivity index (χ0n) is 11.2. The molecule has 0 unspecified atom stereocenters. The monoisotopic (exact) mass is 250 g/mol. The summed E-state index contributed by atoms with van der Waals surface area (Å²) in [5.41, 5.74) is 0. The van der Waals surface area contributed by atoms with Gasteiger partial charge in [0.05, 0.1) is 0 Å². The second-order valence-electron chi connectivity index (χ2n) is 3.41. The standard InChI is InChI=1S/C8H6S.C5H10O.C2H6/c1-2-4-8-7(3-1)5-6-9-8;1-3-4-5(2)6;1-2/h1-6H;3-4H2,1-2H3;1-2H3. The summed E-state index contributed by atoms with van der Waals surface area (Å²) in [5, 5.41) is 3.47. The van der Waals surface area contributed by atoms with Gasteiger partial charge in [-0.05, 0) is 36.2 Å². The number of carbonyl (C=O) groups is 1. The van der Waals surface area contributed by atoms with Crippen molar-refractivity contribution in [2.45, 2.75) is 40.5 Å². The average Bonchev–Trinajstić information content (AvgIpc) is 2.80. The highest BCUT2D eigenvalue weighted by Gasteiger charge is 1.87. The van der Waals surface area contributed by atoms with Crippen LogP contribution in [0.1, 0.15) is 40.5 Å². The first-order valence-corrected chi connectivity index (χ1v) is 7.03. The van der Waals surface area contributed by atoms with E-state index in [1.54, 1.807) is 18.3 Å². The van der Waals surface area contributed by atoms with E-state index in [9.17, 15) is 4.79 Å². The van der Waals surface area contributed by atoms with Gasteiger partial charge in [0.25, 0.3) is 0 Å². The van der Waals surface area contributed by atoms with Crippen molar-refractivity contribution in [3.8, 4) is 0 Å². The lowest BCUT2D eigenvalue weighted by molar-refractivity contribution is -0.117. The van der Waals surface area contributed by atoms with Crippen molar-refractivity contribution >= 4 is 27.2 Å². The fourth-order valence-corrected chi connectivity index (χ4v) is 2.05. The summed E-state index contributed by atoms with van der Waals surface area (Å²) in [7, 11) is 0. The Labute approximate surface area is 108 Å². The number of rotatable bonds is 2. The van der Waals surface area contributed by atoms with Gasteiger partial charge in [0.2, 0.25) is 0 Å². The topological polar surface area (TPSA) is 17.1 Å². The molecular formula is C15H22OS. The molecule has 0 aliphatic rings. The van der Waals surface area contributed by atoms with Crippen molar-refractivity contribution < 1.29 is 4.79 Å². The van der Waals surface area contributed by atoms with Gasteiger partial charge in [-0.1, -0.05) is 39.0 Å². The van der Waals surface area contributed by atoms with Crippen LogP contribution in [0, 0.1) is 0 Å². The maximum absolute atomic E-state index is 10.0. The summed E-state index contributed by atoms with van der Waals surface area (Å²) in [5.74, 6) is 0.289. The molecule has 1 aromatic carbocycles. The maximum atomic E-state index is 10.0. The Balaban J connectivity index is 0.000000283. The number of hydrogen-bond donors (Lipinski definition) is 0. The van der Waals surface area contributed by atoms with Crippen molar-refractivity contribution in [2.24, 2.45) is 0 Å². The van der Waals surface area contributed by atoms with E-state index in [0.29, 0.717) is 0 Å². The third kappa shape index (κ3) is 6.90. The molecule has 1 nitrogen and oxygen atoms in total. The van der Waals surface area contributed by atoms with Gasteiger partial charge in [-0.15, -0.1) is 11.3 Å². The Morgan fingerprint density at radius 3 is 2.29 bits per heavy atom. The van der Waals surface area contributed by atoms with Crippen LogP contribution >= 0.6 is 11.3 Å². The first-order valence-electron chi connectivity index (χ1n) is 6.15. The fourth-order valence-electron chi connectivity index (χ4n) is 1.26. The van der Waals surface area contributed by atoms with Gasteiger partial charge in [0.15, 0.2) is 0 Å². The van der Waals surface area contributed by atoms with Crippen molar-refractivity contribution in [3.05, 3.63) is 35.7 Å². The van der Waals surface area contributed by atoms with Gasteiger partial charge in [-0.25, -0.2) is 0 Å². The molecule has 0 atom stereocenters. The number of thiophene rings is 1. The third-order valence-corrected chi connectivity index (χ3v) is 2.86. The minimum Gasteiger partial charge on any atom is -0.300 e. The SMILES string of the molecule is CC.CCCC(C)=O.c1ccc2sccc2c1. The molecule has 0 spiro atoms. The van der Waals surface area contributed by atoms with Gasteiger partial charge in [0.1, 0.15) is 5.78 Å². The molecule has 0 N–H and O–H groups in total. The highest BCUT2D eigenvalue weighted by Crippen LogP contribution is 2.18.